The lowest BCUT2D eigenvalue weighted by atomic mass is 10.1. The number of H-pyrrole nitrogens is 1. The number of hydrogen-bond donors (Lipinski definition) is 2. The van der Waals surface area contributed by atoms with E-state index >= 15 is 0 Å². The van der Waals surface area contributed by atoms with Crippen LogP contribution in [0.5, 0.6) is 5.75 Å². The van der Waals surface area contributed by atoms with Gasteiger partial charge in [-0.05, 0) is 30.7 Å². The van der Waals surface area contributed by atoms with Crippen molar-refractivity contribution >= 4 is 0 Å². The van der Waals surface area contributed by atoms with Crippen LogP contribution in [-0.2, 0) is 0 Å². The maximum absolute atomic E-state index is 5.27. The minimum absolute atomic E-state index is 0.0787. The zero-order valence-electron chi connectivity index (χ0n) is 10.8. The zero-order valence-corrected chi connectivity index (χ0v) is 10.8. The van der Waals surface area contributed by atoms with E-state index in [0.717, 1.165) is 30.1 Å². The van der Waals surface area contributed by atoms with Crippen molar-refractivity contribution in [1.29, 1.82) is 0 Å². The van der Waals surface area contributed by atoms with E-state index in [1.165, 1.54) is 0 Å². The lowest BCUT2D eigenvalue weighted by Gasteiger charge is -2.17. The number of methoxy groups -OCH3 is 1. The van der Waals surface area contributed by atoms with E-state index < -0.39 is 0 Å². The first-order chi connectivity index (χ1) is 8.85. The minimum atomic E-state index is 0.0787. The Morgan fingerprint density at radius 1 is 1.44 bits per heavy atom. The first-order valence-corrected chi connectivity index (χ1v) is 6.21. The predicted molar refractivity (Wildman–Crippen MR) is 71.7 cm³/mol. The van der Waals surface area contributed by atoms with Crippen LogP contribution < -0.4 is 10.1 Å². The Kier molecular flexibility index (Phi) is 4.36. The monoisotopic (exact) mass is 245 g/mol. The number of aromatic amines is 1. The number of aromatic nitrogens is 2. The smallest absolute Gasteiger partial charge is 0.127 e. The highest BCUT2D eigenvalue weighted by Crippen LogP contribution is 2.22. The van der Waals surface area contributed by atoms with Gasteiger partial charge in [0.05, 0.1) is 13.2 Å². The Bertz CT molecular complexity index is 468. The highest BCUT2D eigenvalue weighted by atomic mass is 16.5. The van der Waals surface area contributed by atoms with Crippen LogP contribution in [0.3, 0.4) is 0 Å². The minimum Gasteiger partial charge on any atom is -0.497 e. The van der Waals surface area contributed by atoms with Gasteiger partial charge in [0.25, 0.3) is 0 Å². The fourth-order valence-corrected chi connectivity index (χ4v) is 1.92. The summed E-state index contributed by atoms with van der Waals surface area (Å²) in [4.78, 5) is 7.51. The molecule has 0 saturated heterocycles. The van der Waals surface area contributed by atoms with Crippen molar-refractivity contribution in [3.8, 4) is 5.75 Å². The number of ether oxygens (including phenoxy) is 1. The fourth-order valence-electron chi connectivity index (χ4n) is 1.92. The third-order valence-electron chi connectivity index (χ3n) is 2.82. The molecular formula is C14H19N3O. The van der Waals surface area contributed by atoms with Gasteiger partial charge in [-0.3, -0.25) is 0 Å². The molecule has 0 aliphatic heterocycles. The summed E-state index contributed by atoms with van der Waals surface area (Å²) in [5, 5.41) is 3.49. The Balaban J connectivity index is 2.27. The standard InChI is InChI=1S/C14H19N3O/c1-3-7-15-13(14-16-8-9-17-14)11-5-4-6-12(10-11)18-2/h4-6,8-10,13,15H,3,7H2,1-2H3,(H,16,17). The van der Waals surface area contributed by atoms with Gasteiger partial charge in [-0.25, -0.2) is 4.98 Å². The molecule has 1 aromatic heterocycles. The molecule has 1 atom stereocenters. The van der Waals surface area contributed by atoms with Crippen LogP contribution in [0.25, 0.3) is 0 Å². The van der Waals surface area contributed by atoms with Gasteiger partial charge in [0.1, 0.15) is 11.6 Å². The van der Waals surface area contributed by atoms with Gasteiger partial charge in [0.2, 0.25) is 0 Å². The van der Waals surface area contributed by atoms with Gasteiger partial charge in [0.15, 0.2) is 0 Å². The van der Waals surface area contributed by atoms with Crippen LogP contribution in [-0.4, -0.2) is 23.6 Å². The van der Waals surface area contributed by atoms with E-state index in [2.05, 4.69) is 28.3 Å². The molecule has 0 aliphatic carbocycles. The van der Waals surface area contributed by atoms with Crippen molar-refractivity contribution in [3.05, 3.63) is 48.0 Å². The summed E-state index contributed by atoms with van der Waals surface area (Å²) >= 11 is 0. The normalized spacial score (nSPS) is 12.3. The van der Waals surface area contributed by atoms with Crippen molar-refractivity contribution in [3.63, 3.8) is 0 Å². The van der Waals surface area contributed by atoms with Gasteiger partial charge >= 0.3 is 0 Å². The maximum Gasteiger partial charge on any atom is 0.127 e. The maximum atomic E-state index is 5.27. The molecule has 96 valence electrons. The molecule has 2 N–H and O–H groups in total. The van der Waals surface area contributed by atoms with Crippen LogP contribution in [0.2, 0.25) is 0 Å². The Hall–Kier alpha value is -1.81. The van der Waals surface area contributed by atoms with Gasteiger partial charge in [-0.15, -0.1) is 0 Å². The van der Waals surface area contributed by atoms with Crippen LogP contribution in [0.4, 0.5) is 0 Å². The van der Waals surface area contributed by atoms with Gasteiger partial charge in [0, 0.05) is 12.4 Å². The quantitative estimate of drug-likeness (QED) is 0.822. The summed E-state index contributed by atoms with van der Waals surface area (Å²) < 4.78 is 5.27. The van der Waals surface area contributed by atoms with Gasteiger partial charge in [-0.1, -0.05) is 19.1 Å². The number of imidazole rings is 1. The summed E-state index contributed by atoms with van der Waals surface area (Å²) in [7, 11) is 1.68. The van der Waals surface area contributed by atoms with E-state index in [-0.39, 0.29) is 6.04 Å². The van der Waals surface area contributed by atoms with E-state index in [1.807, 2.05) is 24.4 Å². The molecule has 0 amide bonds. The summed E-state index contributed by atoms with van der Waals surface area (Å²) in [6, 6.07) is 8.14. The number of nitrogens with zero attached hydrogens (tertiary/aromatic N) is 1. The third kappa shape index (κ3) is 2.90. The zero-order chi connectivity index (χ0) is 12.8. The van der Waals surface area contributed by atoms with Crippen molar-refractivity contribution < 1.29 is 4.74 Å². The number of hydrogen-bond acceptors (Lipinski definition) is 3. The molecule has 1 aromatic carbocycles. The Morgan fingerprint density at radius 2 is 2.33 bits per heavy atom. The van der Waals surface area contributed by atoms with Crippen LogP contribution in [0.1, 0.15) is 30.8 Å². The van der Waals surface area contributed by atoms with Crippen LogP contribution in [0.15, 0.2) is 36.7 Å². The van der Waals surface area contributed by atoms with E-state index in [4.69, 9.17) is 4.74 Å². The first-order valence-electron chi connectivity index (χ1n) is 6.21. The summed E-state index contributed by atoms with van der Waals surface area (Å²) in [6.07, 6.45) is 4.70. The summed E-state index contributed by atoms with van der Waals surface area (Å²) in [6.45, 7) is 3.10. The molecule has 1 heterocycles. The summed E-state index contributed by atoms with van der Waals surface area (Å²) in [5.74, 6) is 1.79. The average Bonchev–Trinajstić information content (AvgIpc) is 2.93. The Labute approximate surface area is 107 Å². The second kappa shape index (κ2) is 6.21. The fraction of sp³-hybridized carbons (Fsp3) is 0.357. The van der Waals surface area contributed by atoms with E-state index in [9.17, 15) is 0 Å². The molecule has 0 radical (unpaired) electrons. The molecule has 18 heavy (non-hydrogen) atoms. The Morgan fingerprint density at radius 3 is 3.00 bits per heavy atom. The van der Waals surface area contributed by atoms with E-state index in [0.29, 0.717) is 0 Å². The van der Waals surface area contributed by atoms with Crippen molar-refractivity contribution in [2.75, 3.05) is 13.7 Å². The molecule has 2 rings (SSSR count). The SMILES string of the molecule is CCCNC(c1cccc(OC)c1)c1ncc[nH]1. The first kappa shape index (κ1) is 12.6. The van der Waals surface area contributed by atoms with Crippen molar-refractivity contribution in [1.82, 2.24) is 15.3 Å². The number of rotatable bonds is 6. The molecule has 2 aromatic rings. The van der Waals surface area contributed by atoms with Crippen LogP contribution in [0, 0.1) is 0 Å². The highest BCUT2D eigenvalue weighted by molar-refractivity contribution is 5.33. The number of benzene rings is 1. The topological polar surface area (TPSA) is 49.9 Å². The number of nitrogens with one attached hydrogen (secondary N) is 2. The lowest BCUT2D eigenvalue weighted by Crippen LogP contribution is -2.24. The molecule has 4 nitrogen and oxygen atoms in total. The second-order valence-corrected chi connectivity index (χ2v) is 4.14. The lowest BCUT2D eigenvalue weighted by molar-refractivity contribution is 0.413. The third-order valence-corrected chi connectivity index (χ3v) is 2.82. The molecule has 0 spiro atoms. The van der Waals surface area contributed by atoms with Crippen molar-refractivity contribution in [2.45, 2.75) is 19.4 Å². The highest BCUT2D eigenvalue weighted by Gasteiger charge is 2.15. The predicted octanol–water partition coefficient (Wildman–Crippen LogP) is 2.51. The van der Waals surface area contributed by atoms with Gasteiger partial charge < -0.3 is 15.0 Å². The molecule has 0 aliphatic rings. The van der Waals surface area contributed by atoms with Crippen LogP contribution >= 0.6 is 0 Å². The molecule has 0 saturated carbocycles. The molecule has 0 bridgehead atoms. The molecule has 0 fully saturated rings. The molecule has 1 unspecified atom stereocenters. The van der Waals surface area contributed by atoms with Crippen molar-refractivity contribution in [2.24, 2.45) is 0 Å². The molecule has 4 heteroatoms. The molecular weight excluding hydrogens is 226 g/mol. The van der Waals surface area contributed by atoms with E-state index in [1.54, 1.807) is 13.3 Å². The average molecular weight is 245 g/mol. The van der Waals surface area contributed by atoms with Gasteiger partial charge in [-0.2, -0.15) is 0 Å². The largest absolute Gasteiger partial charge is 0.497 e. The second-order valence-electron chi connectivity index (χ2n) is 4.14. The summed E-state index contributed by atoms with van der Waals surface area (Å²) in [5.41, 5.74) is 1.15.